The Labute approximate surface area is 109 Å². The molecule has 1 aromatic rings. The second-order valence-electron chi connectivity index (χ2n) is 4.33. The van der Waals surface area contributed by atoms with Crippen LogP contribution in [0.4, 0.5) is 0 Å². The van der Waals surface area contributed by atoms with Gasteiger partial charge in [-0.15, -0.1) is 0 Å². The molecule has 0 aliphatic heterocycles. The SMILES string of the molecule is CCS(=O)(=O)c1ccc(OCCNC(C)C)cc1. The highest BCUT2D eigenvalue weighted by molar-refractivity contribution is 7.91. The molecule has 0 aliphatic carbocycles. The fourth-order valence-corrected chi connectivity index (χ4v) is 2.31. The molecule has 0 amide bonds. The lowest BCUT2D eigenvalue weighted by Gasteiger charge is -2.10. The molecule has 102 valence electrons. The van der Waals surface area contributed by atoms with E-state index in [2.05, 4.69) is 19.2 Å². The van der Waals surface area contributed by atoms with Crippen molar-refractivity contribution in [3.05, 3.63) is 24.3 Å². The van der Waals surface area contributed by atoms with Gasteiger partial charge < -0.3 is 10.1 Å². The number of ether oxygens (including phenoxy) is 1. The minimum atomic E-state index is -3.12. The smallest absolute Gasteiger partial charge is 0.178 e. The van der Waals surface area contributed by atoms with Crippen molar-refractivity contribution in [3.63, 3.8) is 0 Å². The first-order valence-electron chi connectivity index (χ1n) is 6.14. The molecule has 18 heavy (non-hydrogen) atoms. The van der Waals surface area contributed by atoms with Crippen molar-refractivity contribution in [3.8, 4) is 5.75 Å². The zero-order valence-electron chi connectivity index (χ0n) is 11.1. The standard InChI is InChI=1S/C13H21NO3S/c1-4-18(15,16)13-7-5-12(6-8-13)17-10-9-14-11(2)3/h5-8,11,14H,4,9-10H2,1-3H3. The van der Waals surface area contributed by atoms with Gasteiger partial charge in [-0.25, -0.2) is 8.42 Å². The maximum atomic E-state index is 11.6. The Hall–Kier alpha value is -1.07. The Bertz CT molecular complexity index is 452. The molecular formula is C13H21NO3S. The first-order chi connectivity index (χ1) is 8.45. The van der Waals surface area contributed by atoms with Crippen molar-refractivity contribution >= 4 is 9.84 Å². The summed E-state index contributed by atoms with van der Waals surface area (Å²) >= 11 is 0. The number of hydrogen-bond donors (Lipinski definition) is 1. The van der Waals surface area contributed by atoms with Crippen LogP contribution in [0.1, 0.15) is 20.8 Å². The minimum Gasteiger partial charge on any atom is -0.492 e. The molecule has 4 nitrogen and oxygen atoms in total. The second-order valence-corrected chi connectivity index (χ2v) is 6.61. The largest absolute Gasteiger partial charge is 0.492 e. The fraction of sp³-hybridized carbons (Fsp3) is 0.538. The van der Waals surface area contributed by atoms with Crippen LogP contribution >= 0.6 is 0 Å². The summed E-state index contributed by atoms with van der Waals surface area (Å²) in [6.45, 7) is 7.12. The Morgan fingerprint density at radius 1 is 1.22 bits per heavy atom. The van der Waals surface area contributed by atoms with Gasteiger partial charge in [0.1, 0.15) is 12.4 Å². The van der Waals surface area contributed by atoms with Crippen molar-refractivity contribution in [1.29, 1.82) is 0 Å². The van der Waals surface area contributed by atoms with Crippen LogP contribution < -0.4 is 10.1 Å². The van der Waals surface area contributed by atoms with Crippen LogP contribution in [-0.4, -0.2) is 33.4 Å². The average Bonchev–Trinajstić information content (AvgIpc) is 2.35. The van der Waals surface area contributed by atoms with Crippen LogP contribution in [-0.2, 0) is 9.84 Å². The van der Waals surface area contributed by atoms with E-state index in [1.807, 2.05) is 0 Å². The molecule has 0 unspecified atom stereocenters. The lowest BCUT2D eigenvalue weighted by Crippen LogP contribution is -2.27. The number of nitrogens with one attached hydrogen (secondary N) is 1. The van der Waals surface area contributed by atoms with E-state index in [0.29, 0.717) is 23.3 Å². The van der Waals surface area contributed by atoms with E-state index in [9.17, 15) is 8.42 Å². The quantitative estimate of drug-likeness (QED) is 0.769. The zero-order valence-corrected chi connectivity index (χ0v) is 12.0. The predicted molar refractivity (Wildman–Crippen MR) is 72.8 cm³/mol. The van der Waals surface area contributed by atoms with Gasteiger partial charge in [0.05, 0.1) is 10.6 Å². The highest BCUT2D eigenvalue weighted by Gasteiger charge is 2.10. The van der Waals surface area contributed by atoms with Crippen LogP contribution in [0.2, 0.25) is 0 Å². The molecule has 0 saturated heterocycles. The maximum Gasteiger partial charge on any atom is 0.178 e. The summed E-state index contributed by atoms with van der Waals surface area (Å²) in [6.07, 6.45) is 0. The predicted octanol–water partition coefficient (Wildman–Crippen LogP) is 1.86. The Balaban J connectivity index is 2.51. The van der Waals surface area contributed by atoms with Gasteiger partial charge in [0.25, 0.3) is 0 Å². The van der Waals surface area contributed by atoms with Crippen molar-refractivity contribution in [2.24, 2.45) is 0 Å². The fourth-order valence-electron chi connectivity index (χ4n) is 1.43. The first kappa shape index (κ1) is 15.0. The molecule has 0 heterocycles. The summed E-state index contributed by atoms with van der Waals surface area (Å²) in [5.41, 5.74) is 0. The molecular weight excluding hydrogens is 250 g/mol. The third-order valence-corrected chi connectivity index (χ3v) is 4.24. The topological polar surface area (TPSA) is 55.4 Å². The molecule has 0 aromatic heterocycles. The Morgan fingerprint density at radius 2 is 1.83 bits per heavy atom. The number of benzene rings is 1. The van der Waals surface area contributed by atoms with Crippen LogP contribution in [0.25, 0.3) is 0 Å². The van der Waals surface area contributed by atoms with Gasteiger partial charge in [0.15, 0.2) is 9.84 Å². The van der Waals surface area contributed by atoms with Gasteiger partial charge in [-0.1, -0.05) is 20.8 Å². The Morgan fingerprint density at radius 3 is 2.33 bits per heavy atom. The van der Waals surface area contributed by atoms with Gasteiger partial charge in [-0.2, -0.15) is 0 Å². The molecule has 1 aromatic carbocycles. The van der Waals surface area contributed by atoms with Gasteiger partial charge in [0.2, 0.25) is 0 Å². The molecule has 0 saturated carbocycles. The summed E-state index contributed by atoms with van der Waals surface area (Å²) in [6, 6.07) is 7.00. The summed E-state index contributed by atoms with van der Waals surface area (Å²) < 4.78 is 28.7. The first-order valence-corrected chi connectivity index (χ1v) is 7.80. The van der Waals surface area contributed by atoms with E-state index in [4.69, 9.17) is 4.74 Å². The van der Waals surface area contributed by atoms with E-state index in [1.165, 1.54) is 0 Å². The normalized spacial score (nSPS) is 11.8. The van der Waals surface area contributed by atoms with E-state index >= 15 is 0 Å². The van der Waals surface area contributed by atoms with Gasteiger partial charge in [-0.3, -0.25) is 0 Å². The summed E-state index contributed by atoms with van der Waals surface area (Å²) in [7, 11) is -3.12. The molecule has 5 heteroatoms. The monoisotopic (exact) mass is 271 g/mol. The van der Waals surface area contributed by atoms with Gasteiger partial charge >= 0.3 is 0 Å². The molecule has 0 bridgehead atoms. The maximum absolute atomic E-state index is 11.6. The average molecular weight is 271 g/mol. The van der Waals surface area contributed by atoms with Crippen LogP contribution in [0.3, 0.4) is 0 Å². The molecule has 0 radical (unpaired) electrons. The molecule has 1 N–H and O–H groups in total. The number of hydrogen-bond acceptors (Lipinski definition) is 4. The summed E-state index contributed by atoms with van der Waals surface area (Å²) in [4.78, 5) is 0.345. The molecule has 0 spiro atoms. The third-order valence-electron chi connectivity index (χ3n) is 2.49. The van der Waals surface area contributed by atoms with Crippen LogP contribution in [0, 0.1) is 0 Å². The van der Waals surface area contributed by atoms with Crippen molar-refractivity contribution in [2.45, 2.75) is 31.7 Å². The van der Waals surface area contributed by atoms with Crippen LogP contribution in [0.5, 0.6) is 5.75 Å². The molecule has 1 rings (SSSR count). The van der Waals surface area contributed by atoms with Crippen LogP contribution in [0.15, 0.2) is 29.2 Å². The minimum absolute atomic E-state index is 0.117. The van der Waals surface area contributed by atoms with E-state index in [0.717, 1.165) is 6.54 Å². The second kappa shape index (κ2) is 6.75. The molecule has 0 atom stereocenters. The molecule has 0 fully saturated rings. The highest BCUT2D eigenvalue weighted by atomic mass is 32.2. The zero-order chi connectivity index (χ0) is 13.6. The van der Waals surface area contributed by atoms with Gasteiger partial charge in [0, 0.05) is 12.6 Å². The van der Waals surface area contributed by atoms with E-state index in [1.54, 1.807) is 31.2 Å². The molecule has 0 aliphatic rings. The highest BCUT2D eigenvalue weighted by Crippen LogP contribution is 2.16. The van der Waals surface area contributed by atoms with Crippen molar-refractivity contribution in [1.82, 2.24) is 5.32 Å². The van der Waals surface area contributed by atoms with Crippen molar-refractivity contribution in [2.75, 3.05) is 18.9 Å². The number of rotatable bonds is 7. The van der Waals surface area contributed by atoms with E-state index < -0.39 is 9.84 Å². The van der Waals surface area contributed by atoms with Crippen molar-refractivity contribution < 1.29 is 13.2 Å². The Kier molecular flexibility index (Phi) is 5.62. The number of sulfone groups is 1. The lowest BCUT2D eigenvalue weighted by atomic mass is 10.3. The summed E-state index contributed by atoms with van der Waals surface area (Å²) in [5, 5.41) is 3.24. The van der Waals surface area contributed by atoms with E-state index in [-0.39, 0.29) is 5.75 Å². The summed E-state index contributed by atoms with van der Waals surface area (Å²) in [5.74, 6) is 0.807. The third kappa shape index (κ3) is 4.66. The van der Waals surface area contributed by atoms with Gasteiger partial charge in [-0.05, 0) is 24.3 Å². The lowest BCUT2D eigenvalue weighted by molar-refractivity contribution is 0.308.